The summed E-state index contributed by atoms with van der Waals surface area (Å²) in [7, 11) is 0. The lowest BCUT2D eigenvalue weighted by atomic mass is 10.0. The summed E-state index contributed by atoms with van der Waals surface area (Å²) in [6, 6.07) is 16.0. The Kier molecular flexibility index (Phi) is 6.52. The number of nitrogens with zero attached hydrogens (tertiary/aromatic N) is 5. The van der Waals surface area contributed by atoms with E-state index in [1.807, 2.05) is 23.3 Å². The average molecular weight is 556 g/mol. The van der Waals surface area contributed by atoms with Crippen molar-refractivity contribution >= 4 is 39.6 Å². The van der Waals surface area contributed by atoms with Crippen molar-refractivity contribution in [3.63, 3.8) is 0 Å². The van der Waals surface area contributed by atoms with Crippen LogP contribution in [0.25, 0.3) is 10.9 Å². The highest BCUT2D eigenvalue weighted by atomic mass is 35.5. The van der Waals surface area contributed by atoms with E-state index in [1.165, 1.54) is 6.20 Å². The molecule has 3 heterocycles. The van der Waals surface area contributed by atoms with Gasteiger partial charge < -0.3 is 16.1 Å². The zero-order chi connectivity index (χ0) is 27.8. The number of hydrogen-bond donors (Lipinski definition) is 4. The second-order valence-corrected chi connectivity index (χ2v) is 9.82. The molecule has 1 aliphatic heterocycles. The minimum Gasteiger partial charge on any atom is -0.373 e. The molecule has 1 saturated carbocycles. The Morgan fingerprint density at radius 2 is 1.90 bits per heavy atom. The predicted molar refractivity (Wildman–Crippen MR) is 146 cm³/mol. The number of aromatic nitrogens is 2. The van der Waals surface area contributed by atoms with Gasteiger partial charge in [-0.15, -0.1) is 5.53 Å². The van der Waals surface area contributed by atoms with E-state index in [1.54, 1.807) is 24.3 Å². The molecule has 0 saturated heterocycles. The number of rotatable bonds is 7. The van der Waals surface area contributed by atoms with Crippen LogP contribution in [-0.4, -0.2) is 21.0 Å². The molecule has 198 valence electrons. The molecular formula is C28H20ClF2N9. The zero-order valence-electron chi connectivity index (χ0n) is 20.7. The molecule has 1 fully saturated rings. The van der Waals surface area contributed by atoms with Gasteiger partial charge in [0, 0.05) is 35.6 Å². The van der Waals surface area contributed by atoms with Gasteiger partial charge in [0.2, 0.25) is 5.95 Å². The van der Waals surface area contributed by atoms with Gasteiger partial charge in [-0.1, -0.05) is 23.7 Å². The molecule has 0 spiro atoms. The summed E-state index contributed by atoms with van der Waals surface area (Å²) in [5.41, 5.74) is 10.2. The average Bonchev–Trinajstić information content (AvgIpc) is 3.70. The maximum atomic E-state index is 13.9. The highest BCUT2D eigenvalue weighted by Crippen LogP contribution is 2.37. The largest absolute Gasteiger partial charge is 0.373 e. The molecule has 1 atom stereocenters. The number of pyridine rings is 2. The maximum Gasteiger partial charge on any atom is 0.249 e. The summed E-state index contributed by atoms with van der Waals surface area (Å²) in [4.78, 5) is 7.76. The van der Waals surface area contributed by atoms with Gasteiger partial charge in [0.1, 0.15) is 6.07 Å². The fourth-order valence-corrected chi connectivity index (χ4v) is 4.80. The molecular weight excluding hydrogens is 536 g/mol. The number of halogens is 3. The summed E-state index contributed by atoms with van der Waals surface area (Å²) in [6.07, 6.45) is 6.68. The van der Waals surface area contributed by atoms with E-state index in [9.17, 15) is 19.3 Å². The second-order valence-electron chi connectivity index (χ2n) is 9.41. The normalized spacial score (nSPS) is 15.1. The number of nitriles is 2. The fraction of sp³-hybridized carbons (Fsp3) is 0.143. The van der Waals surface area contributed by atoms with E-state index < -0.39 is 17.8 Å². The topological polar surface area (TPSA) is 125 Å². The fourth-order valence-electron chi connectivity index (χ4n) is 4.53. The minimum atomic E-state index is -1.23. The van der Waals surface area contributed by atoms with Crippen LogP contribution in [0.4, 0.5) is 25.8 Å². The first kappa shape index (κ1) is 25.3. The van der Waals surface area contributed by atoms with Crippen LogP contribution in [0.15, 0.2) is 66.8 Å². The maximum absolute atomic E-state index is 13.9. The third-order valence-electron chi connectivity index (χ3n) is 6.63. The lowest BCUT2D eigenvalue weighted by Crippen LogP contribution is -2.38. The molecule has 1 aliphatic carbocycles. The van der Waals surface area contributed by atoms with Gasteiger partial charge in [-0.3, -0.25) is 9.99 Å². The molecule has 2 aliphatic rings. The summed E-state index contributed by atoms with van der Waals surface area (Å²) in [5, 5.41) is 28.5. The van der Waals surface area contributed by atoms with E-state index in [-0.39, 0.29) is 11.3 Å². The van der Waals surface area contributed by atoms with Crippen molar-refractivity contribution in [1.82, 2.24) is 25.9 Å². The van der Waals surface area contributed by atoms with Crippen LogP contribution in [-0.2, 0) is 0 Å². The quantitative estimate of drug-likeness (QED) is 0.218. The zero-order valence-corrected chi connectivity index (χ0v) is 21.5. The Hall–Kier alpha value is -4.97. The van der Waals surface area contributed by atoms with Crippen LogP contribution in [0.3, 0.4) is 0 Å². The first-order valence-electron chi connectivity index (χ1n) is 12.3. The lowest BCUT2D eigenvalue weighted by Gasteiger charge is -2.22. The highest BCUT2D eigenvalue weighted by Gasteiger charge is 2.32. The number of hydrazine groups is 2. The van der Waals surface area contributed by atoms with Crippen LogP contribution in [0.5, 0.6) is 0 Å². The van der Waals surface area contributed by atoms with Gasteiger partial charge in [0.15, 0.2) is 5.82 Å². The van der Waals surface area contributed by atoms with Crippen molar-refractivity contribution in [3.8, 4) is 12.1 Å². The highest BCUT2D eigenvalue weighted by molar-refractivity contribution is 6.36. The van der Waals surface area contributed by atoms with Crippen molar-refractivity contribution in [1.29, 1.82) is 10.5 Å². The molecule has 2 aromatic heterocycles. The SMILES string of the molecule is N#Cc1cccc(C(Nc2cc(Cl)c3ncc(C#N)c(Nc4cnc(F)c(F)c4)c3c2)C2=CN(C3CC3)NN2)c1. The van der Waals surface area contributed by atoms with Crippen molar-refractivity contribution in [2.45, 2.75) is 24.9 Å². The van der Waals surface area contributed by atoms with Gasteiger partial charge in [-0.05, 0) is 42.7 Å². The Balaban J connectivity index is 1.43. The Morgan fingerprint density at radius 1 is 1.05 bits per heavy atom. The monoisotopic (exact) mass is 555 g/mol. The molecule has 4 N–H and O–H groups in total. The van der Waals surface area contributed by atoms with E-state index in [4.69, 9.17) is 11.6 Å². The number of benzene rings is 2. The summed E-state index contributed by atoms with van der Waals surface area (Å²) >= 11 is 6.66. The van der Waals surface area contributed by atoms with E-state index in [0.717, 1.165) is 36.4 Å². The third kappa shape index (κ3) is 4.92. The van der Waals surface area contributed by atoms with Crippen molar-refractivity contribution in [2.75, 3.05) is 10.6 Å². The van der Waals surface area contributed by atoms with Crippen LogP contribution < -0.4 is 21.6 Å². The molecule has 12 heteroatoms. The van der Waals surface area contributed by atoms with Gasteiger partial charge in [-0.2, -0.15) is 14.9 Å². The minimum absolute atomic E-state index is 0.148. The second kappa shape index (κ2) is 10.3. The number of anilines is 3. The van der Waals surface area contributed by atoms with Gasteiger partial charge in [0.05, 0.1) is 57.0 Å². The van der Waals surface area contributed by atoms with Crippen molar-refractivity contribution < 1.29 is 8.78 Å². The van der Waals surface area contributed by atoms with Gasteiger partial charge in [0.25, 0.3) is 0 Å². The molecule has 4 aromatic rings. The Morgan fingerprint density at radius 3 is 2.65 bits per heavy atom. The summed E-state index contributed by atoms with van der Waals surface area (Å²) < 4.78 is 27.3. The Bertz CT molecular complexity index is 1760. The van der Waals surface area contributed by atoms with Crippen molar-refractivity contribution in [2.24, 2.45) is 0 Å². The Labute approximate surface area is 232 Å². The van der Waals surface area contributed by atoms with E-state index in [0.29, 0.717) is 38.9 Å². The van der Waals surface area contributed by atoms with Gasteiger partial charge in [-0.25, -0.2) is 9.37 Å². The predicted octanol–water partition coefficient (Wildman–Crippen LogP) is 5.53. The molecule has 2 aromatic carbocycles. The molecule has 0 bridgehead atoms. The number of fused-ring (bicyclic) bond motifs is 1. The molecule has 40 heavy (non-hydrogen) atoms. The van der Waals surface area contributed by atoms with Crippen LogP contribution >= 0.6 is 11.6 Å². The van der Waals surface area contributed by atoms with Gasteiger partial charge >= 0.3 is 0 Å². The van der Waals surface area contributed by atoms with Crippen LogP contribution in [0, 0.1) is 34.4 Å². The molecule has 6 rings (SSSR count). The summed E-state index contributed by atoms with van der Waals surface area (Å²) in [6.45, 7) is 0. The first-order chi connectivity index (χ1) is 19.4. The smallest absolute Gasteiger partial charge is 0.249 e. The molecule has 0 amide bonds. The standard InChI is InChI=1S/C28H20ClF2N9/c29-22-8-18(7-21-25(17(11-33)12-34-27(21)22)37-19-9-23(30)28(31)35-13-19)36-26(16-3-1-2-15(6-16)10-32)24-14-40(39-38-24)20-4-5-20/h1-3,6-9,12-14,20,26,36,38-39H,4-5H2,(H,34,37). The first-order valence-corrected chi connectivity index (χ1v) is 12.7. The molecule has 9 nitrogen and oxygen atoms in total. The van der Waals surface area contributed by atoms with Crippen molar-refractivity contribution in [3.05, 3.63) is 100 Å². The number of hydrogen-bond acceptors (Lipinski definition) is 9. The van der Waals surface area contributed by atoms with E-state index >= 15 is 0 Å². The summed E-state index contributed by atoms with van der Waals surface area (Å²) in [5.74, 6) is -2.35. The van der Waals surface area contributed by atoms with Crippen LogP contribution in [0.2, 0.25) is 5.02 Å². The molecule has 0 radical (unpaired) electrons. The third-order valence-corrected chi connectivity index (χ3v) is 6.92. The van der Waals surface area contributed by atoms with E-state index in [2.05, 4.69) is 43.7 Å². The van der Waals surface area contributed by atoms with Crippen LogP contribution in [0.1, 0.15) is 35.6 Å². The lowest BCUT2D eigenvalue weighted by molar-refractivity contribution is 0.260. The number of nitrogens with one attached hydrogen (secondary N) is 4. The molecule has 1 unspecified atom stereocenters.